The summed E-state index contributed by atoms with van der Waals surface area (Å²) in [5.74, 6) is 0. The van der Waals surface area contributed by atoms with Crippen molar-refractivity contribution in [3.8, 4) is 0 Å². The molecule has 2 heterocycles. The molecule has 2 rings (SSSR count). The molecule has 2 aliphatic heterocycles. The van der Waals surface area contributed by atoms with E-state index in [0.717, 1.165) is 25.0 Å². The number of nitrogens with two attached hydrogens (primary N) is 1. The lowest BCUT2D eigenvalue weighted by atomic mass is 9.98. The molecule has 2 atom stereocenters. The molecule has 2 nitrogen and oxygen atoms in total. The Hall–Kier alpha value is -0.340. The molecule has 0 aromatic rings. The monoisotopic (exact) mass is 194 g/mol. The van der Waals surface area contributed by atoms with Crippen molar-refractivity contribution >= 4 is 0 Å². The minimum atomic E-state index is 0.471. The maximum absolute atomic E-state index is 6.03. The van der Waals surface area contributed by atoms with Gasteiger partial charge in [0.15, 0.2) is 0 Å². The SMILES string of the molecule is CC/C=C/CN1C2CCC1CC(N)C2. The molecule has 80 valence electrons. The van der Waals surface area contributed by atoms with E-state index in [9.17, 15) is 0 Å². The summed E-state index contributed by atoms with van der Waals surface area (Å²) < 4.78 is 0. The Morgan fingerprint density at radius 3 is 2.43 bits per heavy atom. The van der Waals surface area contributed by atoms with Crippen LogP contribution in [0.2, 0.25) is 0 Å². The molecule has 2 fully saturated rings. The fourth-order valence-electron chi connectivity index (χ4n) is 2.98. The maximum atomic E-state index is 6.03. The summed E-state index contributed by atoms with van der Waals surface area (Å²) in [5.41, 5.74) is 6.03. The summed E-state index contributed by atoms with van der Waals surface area (Å²) in [7, 11) is 0. The van der Waals surface area contributed by atoms with Gasteiger partial charge in [-0.25, -0.2) is 0 Å². The lowest BCUT2D eigenvalue weighted by Gasteiger charge is -2.36. The van der Waals surface area contributed by atoms with Crippen molar-refractivity contribution in [2.45, 2.75) is 57.2 Å². The Kier molecular flexibility index (Phi) is 3.24. The normalized spacial score (nSPS) is 38.3. The van der Waals surface area contributed by atoms with Crippen LogP contribution in [0.25, 0.3) is 0 Å². The van der Waals surface area contributed by atoms with Crippen LogP contribution in [0.5, 0.6) is 0 Å². The zero-order chi connectivity index (χ0) is 9.97. The van der Waals surface area contributed by atoms with E-state index >= 15 is 0 Å². The zero-order valence-electron chi connectivity index (χ0n) is 9.15. The van der Waals surface area contributed by atoms with Gasteiger partial charge in [-0.15, -0.1) is 0 Å². The molecule has 2 N–H and O–H groups in total. The second kappa shape index (κ2) is 4.45. The Morgan fingerprint density at radius 1 is 1.21 bits per heavy atom. The van der Waals surface area contributed by atoms with Crippen molar-refractivity contribution in [1.82, 2.24) is 4.90 Å². The molecule has 2 heteroatoms. The summed E-state index contributed by atoms with van der Waals surface area (Å²) in [4.78, 5) is 2.66. The van der Waals surface area contributed by atoms with Crippen LogP contribution in [0.3, 0.4) is 0 Å². The smallest absolute Gasteiger partial charge is 0.0169 e. The maximum Gasteiger partial charge on any atom is 0.0169 e. The zero-order valence-corrected chi connectivity index (χ0v) is 9.15. The largest absolute Gasteiger partial charge is 0.328 e. The molecule has 0 radical (unpaired) electrons. The topological polar surface area (TPSA) is 29.3 Å². The molecule has 0 spiro atoms. The predicted octanol–water partition coefficient (Wildman–Crippen LogP) is 1.91. The second-order valence-corrected chi connectivity index (χ2v) is 4.69. The number of allylic oxidation sites excluding steroid dienone is 1. The molecule has 2 aliphatic rings. The second-order valence-electron chi connectivity index (χ2n) is 4.69. The van der Waals surface area contributed by atoms with Crippen molar-refractivity contribution < 1.29 is 0 Å². The fraction of sp³-hybridized carbons (Fsp3) is 0.833. The summed E-state index contributed by atoms with van der Waals surface area (Å²) in [5, 5.41) is 0. The highest BCUT2D eigenvalue weighted by atomic mass is 15.2. The summed E-state index contributed by atoms with van der Waals surface area (Å²) >= 11 is 0. The van der Waals surface area contributed by atoms with Crippen LogP contribution >= 0.6 is 0 Å². The highest BCUT2D eigenvalue weighted by molar-refractivity contribution is 4.99. The van der Waals surface area contributed by atoms with Gasteiger partial charge < -0.3 is 5.73 Å². The van der Waals surface area contributed by atoms with Crippen molar-refractivity contribution in [3.05, 3.63) is 12.2 Å². The van der Waals surface area contributed by atoms with E-state index in [-0.39, 0.29) is 0 Å². The van der Waals surface area contributed by atoms with Gasteiger partial charge in [0, 0.05) is 24.7 Å². The van der Waals surface area contributed by atoms with E-state index in [0.29, 0.717) is 6.04 Å². The standard InChI is InChI=1S/C12H22N2/c1-2-3-4-7-14-11-5-6-12(14)9-10(13)8-11/h3-4,10-12H,2,5-9,13H2,1H3/b4-3+. The highest BCUT2D eigenvalue weighted by Crippen LogP contribution is 2.34. The van der Waals surface area contributed by atoms with E-state index in [1.54, 1.807) is 0 Å². The summed E-state index contributed by atoms with van der Waals surface area (Å²) in [6, 6.07) is 2.04. The number of rotatable bonds is 3. The van der Waals surface area contributed by atoms with Crippen molar-refractivity contribution in [3.63, 3.8) is 0 Å². The van der Waals surface area contributed by atoms with Gasteiger partial charge in [-0.3, -0.25) is 4.90 Å². The lowest BCUT2D eigenvalue weighted by Crippen LogP contribution is -2.47. The molecule has 0 aliphatic carbocycles. The average molecular weight is 194 g/mol. The van der Waals surface area contributed by atoms with E-state index in [1.165, 1.54) is 25.7 Å². The molecular weight excluding hydrogens is 172 g/mol. The third kappa shape index (κ3) is 2.01. The molecule has 0 saturated carbocycles. The highest BCUT2D eigenvalue weighted by Gasteiger charge is 2.38. The van der Waals surface area contributed by atoms with Crippen LogP contribution in [0.15, 0.2) is 12.2 Å². The number of hydrogen-bond acceptors (Lipinski definition) is 2. The number of fused-ring (bicyclic) bond motifs is 2. The Morgan fingerprint density at radius 2 is 1.86 bits per heavy atom. The molecular formula is C12H22N2. The van der Waals surface area contributed by atoms with Gasteiger partial charge in [0.05, 0.1) is 0 Å². The first-order valence-corrected chi connectivity index (χ1v) is 5.97. The predicted molar refractivity (Wildman–Crippen MR) is 60.2 cm³/mol. The van der Waals surface area contributed by atoms with Gasteiger partial charge in [0.1, 0.15) is 0 Å². The summed E-state index contributed by atoms with van der Waals surface area (Å²) in [6.45, 7) is 3.34. The Bertz CT molecular complexity index is 198. The van der Waals surface area contributed by atoms with Crippen LogP contribution in [0.4, 0.5) is 0 Å². The van der Waals surface area contributed by atoms with Gasteiger partial charge in [-0.1, -0.05) is 19.1 Å². The van der Waals surface area contributed by atoms with Crippen LogP contribution in [-0.4, -0.2) is 29.6 Å². The van der Waals surface area contributed by atoms with Crippen molar-refractivity contribution in [1.29, 1.82) is 0 Å². The molecule has 2 bridgehead atoms. The number of nitrogens with zero attached hydrogens (tertiary/aromatic N) is 1. The number of hydrogen-bond donors (Lipinski definition) is 1. The molecule has 2 saturated heterocycles. The minimum absolute atomic E-state index is 0.471. The van der Waals surface area contributed by atoms with Crippen LogP contribution in [0, 0.1) is 0 Å². The van der Waals surface area contributed by atoms with Gasteiger partial charge >= 0.3 is 0 Å². The van der Waals surface area contributed by atoms with E-state index in [1.807, 2.05) is 0 Å². The van der Waals surface area contributed by atoms with Crippen molar-refractivity contribution in [2.75, 3.05) is 6.54 Å². The molecule has 0 aromatic heterocycles. The molecule has 0 amide bonds. The molecule has 0 aromatic carbocycles. The Labute approximate surface area is 87.2 Å². The minimum Gasteiger partial charge on any atom is -0.328 e. The average Bonchev–Trinajstić information content (AvgIpc) is 2.42. The van der Waals surface area contributed by atoms with Gasteiger partial charge in [-0.2, -0.15) is 0 Å². The van der Waals surface area contributed by atoms with E-state index in [4.69, 9.17) is 5.73 Å². The van der Waals surface area contributed by atoms with Crippen molar-refractivity contribution in [2.24, 2.45) is 5.73 Å². The third-order valence-corrected chi connectivity index (χ3v) is 3.64. The van der Waals surface area contributed by atoms with Crippen LogP contribution < -0.4 is 5.73 Å². The first-order valence-electron chi connectivity index (χ1n) is 5.97. The van der Waals surface area contributed by atoms with Crippen LogP contribution in [-0.2, 0) is 0 Å². The fourth-order valence-corrected chi connectivity index (χ4v) is 2.98. The van der Waals surface area contributed by atoms with E-state index < -0.39 is 0 Å². The first kappa shape index (κ1) is 10.2. The van der Waals surface area contributed by atoms with E-state index in [2.05, 4.69) is 24.0 Å². The molecule has 14 heavy (non-hydrogen) atoms. The molecule has 2 unspecified atom stereocenters. The number of piperidine rings is 1. The quantitative estimate of drug-likeness (QED) is 0.695. The Balaban J connectivity index is 1.90. The van der Waals surface area contributed by atoms with Gasteiger partial charge in [0.2, 0.25) is 0 Å². The first-order chi connectivity index (χ1) is 6.81. The third-order valence-electron chi connectivity index (χ3n) is 3.64. The summed E-state index contributed by atoms with van der Waals surface area (Å²) in [6.07, 6.45) is 10.9. The lowest BCUT2D eigenvalue weighted by molar-refractivity contribution is 0.143. The van der Waals surface area contributed by atoms with Gasteiger partial charge in [0.25, 0.3) is 0 Å². The van der Waals surface area contributed by atoms with Crippen LogP contribution in [0.1, 0.15) is 39.0 Å². The van der Waals surface area contributed by atoms with Gasteiger partial charge in [-0.05, 0) is 32.1 Å².